The molecule has 108 valence electrons. The summed E-state index contributed by atoms with van der Waals surface area (Å²) in [6.07, 6.45) is 0. The molecule has 0 aliphatic heterocycles. The van der Waals surface area contributed by atoms with E-state index in [0.29, 0.717) is 10.7 Å². The van der Waals surface area contributed by atoms with Crippen LogP contribution in [0.25, 0.3) is 0 Å². The van der Waals surface area contributed by atoms with Gasteiger partial charge >= 0.3 is 0 Å². The van der Waals surface area contributed by atoms with Crippen LogP contribution in [0, 0.1) is 0 Å². The van der Waals surface area contributed by atoms with E-state index in [1.807, 2.05) is 49.4 Å². The minimum Gasteiger partial charge on any atom is -0.356 e. The van der Waals surface area contributed by atoms with Crippen molar-refractivity contribution >= 4 is 39.2 Å². The Morgan fingerprint density at radius 1 is 1.14 bits per heavy atom. The van der Waals surface area contributed by atoms with Gasteiger partial charge in [0.15, 0.2) is 5.11 Å². The van der Waals surface area contributed by atoms with Crippen LogP contribution >= 0.6 is 28.1 Å². The van der Waals surface area contributed by atoms with Gasteiger partial charge in [-0.2, -0.15) is 0 Å². The molecule has 5 heteroatoms. The number of thiocarbonyl (C=S) groups is 1. The second kappa shape index (κ2) is 7.33. The highest BCUT2D eigenvalue weighted by Crippen LogP contribution is 2.12. The molecule has 0 saturated heterocycles. The van der Waals surface area contributed by atoms with Crippen LogP contribution in [-0.4, -0.2) is 11.0 Å². The maximum Gasteiger partial charge on any atom is 0.257 e. The van der Waals surface area contributed by atoms with Gasteiger partial charge < -0.3 is 5.32 Å². The summed E-state index contributed by atoms with van der Waals surface area (Å²) in [6.45, 7) is 1.99. The average Bonchev–Trinajstić information content (AvgIpc) is 2.48. The molecule has 2 N–H and O–H groups in total. The lowest BCUT2D eigenvalue weighted by atomic mass is 10.1. The van der Waals surface area contributed by atoms with E-state index in [4.69, 9.17) is 12.2 Å². The standard InChI is InChI=1S/C16H15BrN2OS/c1-11(12-6-3-2-4-7-12)18-16(21)19-15(20)13-8-5-9-14(17)10-13/h2-11H,1H3,(H2,18,19,20,21). The molecule has 0 spiro atoms. The number of nitrogens with one attached hydrogen (secondary N) is 2. The van der Waals surface area contributed by atoms with E-state index in [-0.39, 0.29) is 11.9 Å². The highest BCUT2D eigenvalue weighted by molar-refractivity contribution is 9.10. The number of rotatable bonds is 3. The fourth-order valence-corrected chi connectivity index (χ4v) is 2.53. The third-order valence-corrected chi connectivity index (χ3v) is 3.67. The third-order valence-electron chi connectivity index (χ3n) is 2.96. The zero-order chi connectivity index (χ0) is 15.2. The first-order valence-electron chi connectivity index (χ1n) is 6.48. The number of carbonyl (C=O) groups is 1. The molecule has 0 saturated carbocycles. The lowest BCUT2D eigenvalue weighted by Crippen LogP contribution is -2.40. The topological polar surface area (TPSA) is 41.1 Å². The van der Waals surface area contributed by atoms with E-state index in [0.717, 1.165) is 10.0 Å². The molecule has 2 aromatic carbocycles. The fourth-order valence-electron chi connectivity index (χ4n) is 1.86. The minimum absolute atomic E-state index is 0.0292. The van der Waals surface area contributed by atoms with E-state index in [2.05, 4.69) is 26.6 Å². The highest BCUT2D eigenvalue weighted by atomic mass is 79.9. The van der Waals surface area contributed by atoms with Crippen molar-refractivity contribution in [2.45, 2.75) is 13.0 Å². The van der Waals surface area contributed by atoms with Crippen LogP contribution in [0.1, 0.15) is 28.9 Å². The van der Waals surface area contributed by atoms with Crippen molar-refractivity contribution in [3.8, 4) is 0 Å². The van der Waals surface area contributed by atoms with Crippen LogP contribution in [0.3, 0.4) is 0 Å². The third kappa shape index (κ3) is 4.65. The Kier molecular flexibility index (Phi) is 5.47. The molecule has 0 aromatic heterocycles. The van der Waals surface area contributed by atoms with Crippen molar-refractivity contribution in [3.63, 3.8) is 0 Å². The molecular weight excluding hydrogens is 348 g/mol. The molecule has 0 aliphatic rings. The van der Waals surface area contributed by atoms with Gasteiger partial charge in [0.05, 0.1) is 6.04 Å². The summed E-state index contributed by atoms with van der Waals surface area (Å²) in [5.41, 5.74) is 1.66. The van der Waals surface area contributed by atoms with Crippen molar-refractivity contribution in [1.82, 2.24) is 10.6 Å². The Bertz CT molecular complexity index is 646. The molecule has 0 fully saturated rings. The van der Waals surface area contributed by atoms with Crippen molar-refractivity contribution in [2.75, 3.05) is 0 Å². The van der Waals surface area contributed by atoms with Gasteiger partial charge in [-0.05, 0) is 42.9 Å². The Balaban J connectivity index is 1.94. The fraction of sp³-hybridized carbons (Fsp3) is 0.125. The Morgan fingerprint density at radius 3 is 2.52 bits per heavy atom. The molecular formula is C16H15BrN2OS. The molecule has 0 heterocycles. The zero-order valence-corrected chi connectivity index (χ0v) is 13.9. The molecule has 1 atom stereocenters. The lowest BCUT2D eigenvalue weighted by molar-refractivity contribution is 0.0976. The second-order valence-corrected chi connectivity index (χ2v) is 5.89. The van der Waals surface area contributed by atoms with Crippen molar-refractivity contribution in [2.24, 2.45) is 0 Å². The Hall–Kier alpha value is -1.72. The molecule has 1 unspecified atom stereocenters. The van der Waals surface area contributed by atoms with E-state index < -0.39 is 0 Å². The minimum atomic E-state index is -0.228. The summed E-state index contributed by atoms with van der Waals surface area (Å²) in [7, 11) is 0. The van der Waals surface area contributed by atoms with Gasteiger partial charge in [0, 0.05) is 10.0 Å². The van der Waals surface area contributed by atoms with Gasteiger partial charge in [0.1, 0.15) is 0 Å². The van der Waals surface area contributed by atoms with Crippen LogP contribution in [0.4, 0.5) is 0 Å². The molecule has 2 rings (SSSR count). The first kappa shape index (κ1) is 15.7. The Labute approximate surface area is 137 Å². The van der Waals surface area contributed by atoms with Gasteiger partial charge in [0.2, 0.25) is 0 Å². The molecule has 2 aromatic rings. The number of benzene rings is 2. The van der Waals surface area contributed by atoms with Crippen molar-refractivity contribution in [1.29, 1.82) is 0 Å². The summed E-state index contributed by atoms with van der Waals surface area (Å²) in [5.74, 6) is -0.228. The normalized spacial score (nSPS) is 11.5. The summed E-state index contributed by atoms with van der Waals surface area (Å²) >= 11 is 8.52. The van der Waals surface area contributed by atoms with Gasteiger partial charge in [-0.15, -0.1) is 0 Å². The van der Waals surface area contributed by atoms with E-state index in [9.17, 15) is 4.79 Å². The largest absolute Gasteiger partial charge is 0.356 e. The molecule has 21 heavy (non-hydrogen) atoms. The van der Waals surface area contributed by atoms with Crippen LogP contribution in [0.5, 0.6) is 0 Å². The number of carbonyl (C=O) groups excluding carboxylic acids is 1. The summed E-state index contributed by atoms with van der Waals surface area (Å²) in [6, 6.07) is 17.1. The van der Waals surface area contributed by atoms with E-state index >= 15 is 0 Å². The van der Waals surface area contributed by atoms with Crippen molar-refractivity contribution in [3.05, 3.63) is 70.2 Å². The van der Waals surface area contributed by atoms with Crippen LogP contribution in [0.2, 0.25) is 0 Å². The van der Waals surface area contributed by atoms with Crippen LogP contribution < -0.4 is 10.6 Å². The lowest BCUT2D eigenvalue weighted by Gasteiger charge is -2.16. The summed E-state index contributed by atoms with van der Waals surface area (Å²) < 4.78 is 0.853. The molecule has 3 nitrogen and oxygen atoms in total. The molecule has 0 radical (unpaired) electrons. The van der Waals surface area contributed by atoms with Crippen LogP contribution in [-0.2, 0) is 0 Å². The van der Waals surface area contributed by atoms with Gasteiger partial charge in [0.25, 0.3) is 5.91 Å². The highest BCUT2D eigenvalue weighted by Gasteiger charge is 2.10. The predicted molar refractivity (Wildman–Crippen MR) is 92.2 cm³/mol. The zero-order valence-electron chi connectivity index (χ0n) is 11.5. The monoisotopic (exact) mass is 362 g/mol. The summed E-state index contributed by atoms with van der Waals surface area (Å²) in [4.78, 5) is 12.1. The number of amides is 1. The molecule has 0 bridgehead atoms. The quantitative estimate of drug-likeness (QED) is 0.815. The predicted octanol–water partition coefficient (Wildman–Crippen LogP) is 3.81. The van der Waals surface area contributed by atoms with Crippen molar-refractivity contribution < 1.29 is 4.79 Å². The average molecular weight is 363 g/mol. The maximum absolute atomic E-state index is 12.1. The van der Waals surface area contributed by atoms with Crippen LogP contribution in [0.15, 0.2) is 59.1 Å². The summed E-state index contributed by atoms with van der Waals surface area (Å²) in [5, 5.41) is 6.10. The molecule has 1 amide bonds. The van der Waals surface area contributed by atoms with E-state index in [1.165, 1.54) is 0 Å². The maximum atomic E-state index is 12.1. The number of halogens is 1. The first-order chi connectivity index (χ1) is 10.1. The number of hydrogen-bond acceptors (Lipinski definition) is 2. The molecule has 0 aliphatic carbocycles. The first-order valence-corrected chi connectivity index (χ1v) is 7.69. The second-order valence-electron chi connectivity index (χ2n) is 4.57. The number of hydrogen-bond donors (Lipinski definition) is 2. The SMILES string of the molecule is CC(NC(=S)NC(=O)c1cccc(Br)c1)c1ccccc1. The van der Waals surface area contributed by atoms with E-state index in [1.54, 1.807) is 12.1 Å². The van der Waals surface area contributed by atoms with Gasteiger partial charge in [-0.3, -0.25) is 10.1 Å². The smallest absolute Gasteiger partial charge is 0.257 e. The van der Waals surface area contributed by atoms with Gasteiger partial charge in [-0.25, -0.2) is 0 Å². The van der Waals surface area contributed by atoms with Gasteiger partial charge in [-0.1, -0.05) is 52.3 Å². The Morgan fingerprint density at radius 2 is 1.86 bits per heavy atom.